The van der Waals surface area contributed by atoms with Gasteiger partial charge in [-0.2, -0.15) is 0 Å². The van der Waals surface area contributed by atoms with Crippen LogP contribution in [0.2, 0.25) is 0 Å². The molecular formula is C20H33N5O3. The number of unbranched alkanes of at least 4 members (excludes halogenated alkanes) is 1. The minimum Gasteiger partial charge on any atom is -0.330 e. The van der Waals surface area contributed by atoms with Crippen molar-refractivity contribution in [2.75, 3.05) is 22.5 Å². The van der Waals surface area contributed by atoms with E-state index in [0.717, 1.165) is 12.8 Å². The summed E-state index contributed by atoms with van der Waals surface area (Å²) in [5.74, 6) is -1.07. The van der Waals surface area contributed by atoms with Gasteiger partial charge in [0.2, 0.25) is 17.7 Å². The number of nitrogens with two attached hydrogens (primary N) is 2. The Morgan fingerprint density at radius 1 is 0.786 bits per heavy atom. The molecule has 0 unspecified atom stereocenters. The van der Waals surface area contributed by atoms with Crippen molar-refractivity contribution in [3.8, 4) is 0 Å². The molecule has 8 heteroatoms. The van der Waals surface area contributed by atoms with Crippen molar-refractivity contribution in [2.45, 2.75) is 53.0 Å². The zero-order valence-electron chi connectivity index (χ0n) is 17.2. The SMILES string of the molecule is CC(C)C(=O)Nc1cc(NC(=O)C(C)C)cc(NC(=O)[C@@H](N)CCCCN)c1. The van der Waals surface area contributed by atoms with E-state index in [2.05, 4.69) is 16.0 Å². The predicted octanol–water partition coefficient (Wildman–Crippen LogP) is 2.27. The summed E-state index contributed by atoms with van der Waals surface area (Å²) in [5.41, 5.74) is 12.8. The summed E-state index contributed by atoms with van der Waals surface area (Å²) in [6, 6.07) is 4.26. The van der Waals surface area contributed by atoms with Crippen molar-refractivity contribution in [3.63, 3.8) is 0 Å². The highest BCUT2D eigenvalue weighted by atomic mass is 16.2. The number of nitrogens with one attached hydrogen (secondary N) is 3. The molecule has 1 aromatic carbocycles. The number of carbonyl (C=O) groups excluding carboxylic acids is 3. The lowest BCUT2D eigenvalue weighted by atomic mass is 10.1. The summed E-state index contributed by atoms with van der Waals surface area (Å²) in [6.07, 6.45) is 2.11. The maximum Gasteiger partial charge on any atom is 0.241 e. The minimum absolute atomic E-state index is 0.164. The minimum atomic E-state index is -0.658. The number of carbonyl (C=O) groups is 3. The van der Waals surface area contributed by atoms with Crippen LogP contribution >= 0.6 is 0 Å². The van der Waals surface area contributed by atoms with Crippen LogP contribution in [0.1, 0.15) is 47.0 Å². The molecule has 0 heterocycles. The second-order valence-corrected chi connectivity index (χ2v) is 7.47. The van der Waals surface area contributed by atoms with Gasteiger partial charge >= 0.3 is 0 Å². The lowest BCUT2D eigenvalue weighted by molar-refractivity contribution is -0.119. The standard InChI is InChI=1S/C20H33N5O3/c1-12(2)18(26)23-14-9-15(24-19(27)13(3)4)11-16(10-14)25-20(28)17(22)7-5-6-8-21/h9-13,17H,5-8,21-22H2,1-4H3,(H,23,26)(H,24,27)(H,25,28)/t17-/m0/s1. The molecule has 0 bridgehead atoms. The van der Waals surface area contributed by atoms with E-state index in [0.29, 0.717) is 30.0 Å². The average Bonchev–Trinajstić information content (AvgIpc) is 2.61. The van der Waals surface area contributed by atoms with Crippen LogP contribution in [0.15, 0.2) is 18.2 Å². The third kappa shape index (κ3) is 8.06. The lowest BCUT2D eigenvalue weighted by Gasteiger charge is -2.16. The van der Waals surface area contributed by atoms with Gasteiger partial charge in [0.15, 0.2) is 0 Å². The smallest absolute Gasteiger partial charge is 0.241 e. The van der Waals surface area contributed by atoms with E-state index >= 15 is 0 Å². The van der Waals surface area contributed by atoms with Crippen LogP contribution in [0, 0.1) is 11.8 Å². The molecule has 0 saturated heterocycles. The van der Waals surface area contributed by atoms with Crippen LogP contribution in [-0.2, 0) is 14.4 Å². The van der Waals surface area contributed by atoms with Crippen LogP contribution in [0.25, 0.3) is 0 Å². The summed E-state index contributed by atoms with van der Waals surface area (Å²) < 4.78 is 0. The number of rotatable bonds is 10. The van der Waals surface area contributed by atoms with E-state index in [1.165, 1.54) is 0 Å². The van der Waals surface area contributed by atoms with Gasteiger partial charge in [0.1, 0.15) is 0 Å². The van der Waals surface area contributed by atoms with Crippen LogP contribution in [0.3, 0.4) is 0 Å². The number of anilines is 3. The molecule has 1 aromatic rings. The Morgan fingerprint density at radius 2 is 1.18 bits per heavy atom. The van der Waals surface area contributed by atoms with Gasteiger partial charge in [0.25, 0.3) is 0 Å². The Hall–Kier alpha value is -2.45. The fourth-order valence-electron chi connectivity index (χ4n) is 2.29. The quantitative estimate of drug-likeness (QED) is 0.389. The molecule has 28 heavy (non-hydrogen) atoms. The van der Waals surface area contributed by atoms with E-state index < -0.39 is 6.04 Å². The first-order valence-electron chi connectivity index (χ1n) is 9.67. The van der Waals surface area contributed by atoms with Crippen LogP contribution < -0.4 is 27.4 Å². The molecule has 8 nitrogen and oxygen atoms in total. The summed E-state index contributed by atoms with van der Waals surface area (Å²) in [7, 11) is 0. The van der Waals surface area contributed by atoms with Gasteiger partial charge in [-0.1, -0.05) is 34.1 Å². The lowest BCUT2D eigenvalue weighted by Crippen LogP contribution is -2.35. The van der Waals surface area contributed by atoms with Crippen LogP contribution in [0.4, 0.5) is 17.1 Å². The topological polar surface area (TPSA) is 139 Å². The second kappa shape index (κ2) is 11.4. The number of hydrogen-bond donors (Lipinski definition) is 5. The summed E-state index contributed by atoms with van der Waals surface area (Å²) in [6.45, 7) is 7.68. The number of hydrogen-bond acceptors (Lipinski definition) is 5. The maximum absolute atomic E-state index is 12.3. The molecule has 7 N–H and O–H groups in total. The highest BCUT2D eigenvalue weighted by Gasteiger charge is 2.16. The molecule has 0 radical (unpaired) electrons. The van der Waals surface area contributed by atoms with E-state index in [-0.39, 0.29) is 29.6 Å². The molecule has 156 valence electrons. The van der Waals surface area contributed by atoms with E-state index in [1.54, 1.807) is 45.9 Å². The molecule has 1 atom stereocenters. The molecular weight excluding hydrogens is 358 g/mol. The van der Waals surface area contributed by atoms with Crippen molar-refractivity contribution in [3.05, 3.63) is 18.2 Å². The first-order valence-corrected chi connectivity index (χ1v) is 9.67. The van der Waals surface area contributed by atoms with E-state index in [1.807, 2.05) is 0 Å². The van der Waals surface area contributed by atoms with Crippen LogP contribution in [-0.4, -0.2) is 30.3 Å². The van der Waals surface area contributed by atoms with Crippen molar-refractivity contribution in [2.24, 2.45) is 23.3 Å². The highest BCUT2D eigenvalue weighted by Crippen LogP contribution is 2.24. The fraction of sp³-hybridized carbons (Fsp3) is 0.550. The average molecular weight is 392 g/mol. The zero-order valence-corrected chi connectivity index (χ0v) is 17.2. The Morgan fingerprint density at radius 3 is 1.54 bits per heavy atom. The van der Waals surface area contributed by atoms with Gasteiger partial charge in [-0.25, -0.2) is 0 Å². The normalized spacial score (nSPS) is 12.0. The predicted molar refractivity (Wildman–Crippen MR) is 113 cm³/mol. The highest BCUT2D eigenvalue weighted by molar-refractivity contribution is 5.99. The Balaban J connectivity index is 2.99. The van der Waals surface area contributed by atoms with Crippen LogP contribution in [0.5, 0.6) is 0 Å². The maximum atomic E-state index is 12.3. The molecule has 3 amide bonds. The summed E-state index contributed by atoms with van der Waals surface area (Å²) in [4.78, 5) is 36.4. The number of benzene rings is 1. The van der Waals surface area contributed by atoms with Crippen molar-refractivity contribution < 1.29 is 14.4 Å². The van der Waals surface area contributed by atoms with E-state index in [4.69, 9.17) is 11.5 Å². The van der Waals surface area contributed by atoms with Crippen molar-refractivity contribution in [1.29, 1.82) is 0 Å². The molecule has 1 rings (SSSR count). The first-order chi connectivity index (χ1) is 13.1. The largest absolute Gasteiger partial charge is 0.330 e. The zero-order chi connectivity index (χ0) is 21.3. The van der Waals surface area contributed by atoms with Crippen molar-refractivity contribution in [1.82, 2.24) is 0 Å². The molecule has 0 spiro atoms. The van der Waals surface area contributed by atoms with Gasteiger partial charge < -0.3 is 27.4 Å². The molecule has 0 fully saturated rings. The third-order valence-corrected chi connectivity index (χ3v) is 4.09. The monoisotopic (exact) mass is 391 g/mol. The molecule has 0 aliphatic heterocycles. The Kier molecular flexibility index (Phi) is 9.61. The fourth-order valence-corrected chi connectivity index (χ4v) is 2.29. The van der Waals surface area contributed by atoms with E-state index in [9.17, 15) is 14.4 Å². The van der Waals surface area contributed by atoms with Gasteiger partial charge in [-0.15, -0.1) is 0 Å². The number of amides is 3. The molecule has 0 aromatic heterocycles. The van der Waals surface area contributed by atoms with Crippen molar-refractivity contribution >= 4 is 34.8 Å². The Bertz CT molecular complexity index is 648. The first kappa shape index (κ1) is 23.6. The van der Waals surface area contributed by atoms with Gasteiger partial charge in [0, 0.05) is 28.9 Å². The second-order valence-electron chi connectivity index (χ2n) is 7.47. The van der Waals surface area contributed by atoms with Gasteiger partial charge in [-0.3, -0.25) is 14.4 Å². The summed E-state index contributed by atoms with van der Waals surface area (Å²) in [5, 5.41) is 8.32. The summed E-state index contributed by atoms with van der Waals surface area (Å²) >= 11 is 0. The molecule has 0 aliphatic carbocycles. The Labute approximate surface area is 166 Å². The third-order valence-electron chi connectivity index (χ3n) is 4.09. The van der Waals surface area contributed by atoms with Gasteiger partial charge in [0.05, 0.1) is 6.04 Å². The molecule has 0 aliphatic rings. The van der Waals surface area contributed by atoms with Gasteiger partial charge in [-0.05, 0) is 37.6 Å². The molecule has 0 saturated carbocycles.